The number of nitrogens with one attached hydrogen (secondary N) is 1. The number of amides is 2. The number of benzene rings is 3. The van der Waals surface area contributed by atoms with Crippen molar-refractivity contribution in [1.82, 2.24) is 15.2 Å². The number of methoxy groups -OCH3 is 1. The van der Waals surface area contributed by atoms with Crippen LogP contribution in [0.25, 0.3) is 22.0 Å². The number of ether oxygens (including phenoxy) is 1. The summed E-state index contributed by atoms with van der Waals surface area (Å²) in [7, 11) is 1.59. The number of hydrogen-bond acceptors (Lipinski definition) is 5. The van der Waals surface area contributed by atoms with Crippen LogP contribution in [-0.2, 0) is 10.3 Å². The highest BCUT2D eigenvalue weighted by atomic mass is 19.3. The number of halogens is 2. The van der Waals surface area contributed by atoms with Crippen LogP contribution >= 0.6 is 0 Å². The molecule has 0 aliphatic carbocycles. The number of nitrogens with zero attached hydrogens (tertiary/aromatic N) is 3. The molecule has 4 aromatic rings. The largest absolute Gasteiger partial charge is 0.497 e. The molecule has 1 N–H and O–H groups in total. The van der Waals surface area contributed by atoms with Gasteiger partial charge >= 0.3 is 0 Å². The number of carbonyl (C=O) groups excluding carboxylic acids is 2. The van der Waals surface area contributed by atoms with Crippen molar-refractivity contribution in [2.24, 2.45) is 0 Å². The van der Waals surface area contributed by atoms with Gasteiger partial charge in [0, 0.05) is 11.6 Å². The molecule has 1 fully saturated rings. The maximum atomic E-state index is 14.5. The van der Waals surface area contributed by atoms with Crippen molar-refractivity contribution in [2.45, 2.75) is 17.9 Å². The normalized spacial score (nSPS) is 17.9. The van der Waals surface area contributed by atoms with Gasteiger partial charge in [0.2, 0.25) is 5.91 Å². The van der Waals surface area contributed by atoms with E-state index in [9.17, 15) is 23.6 Å². The molecule has 9 heteroatoms. The molecule has 0 unspecified atom stereocenters. The first-order valence-electron chi connectivity index (χ1n) is 12.2. The van der Waals surface area contributed by atoms with Crippen LogP contribution in [0.3, 0.4) is 0 Å². The van der Waals surface area contributed by atoms with Crippen LogP contribution in [0.5, 0.6) is 5.75 Å². The lowest BCUT2D eigenvalue weighted by molar-refractivity contribution is -0.133. The van der Waals surface area contributed by atoms with Gasteiger partial charge < -0.3 is 15.0 Å². The lowest BCUT2D eigenvalue weighted by atomic mass is 9.88. The smallest absolute Gasteiger partial charge is 0.269 e. The molecule has 196 valence electrons. The zero-order valence-corrected chi connectivity index (χ0v) is 21.0. The van der Waals surface area contributed by atoms with Crippen LogP contribution in [0.4, 0.5) is 8.78 Å². The SMILES string of the molecule is COc1ccc(-c2ccc3nccc(C(=O)NCC(=O)N4CC(F)(F)C[C@]4(C#N)c4ccccc4)c3c2)cc1. The van der Waals surface area contributed by atoms with E-state index in [1.54, 1.807) is 43.5 Å². The lowest BCUT2D eigenvalue weighted by Crippen LogP contribution is -2.48. The molecule has 0 radical (unpaired) electrons. The number of pyridine rings is 1. The van der Waals surface area contributed by atoms with E-state index in [0.717, 1.165) is 21.8 Å². The molecule has 2 amide bonds. The number of fused-ring (bicyclic) bond motifs is 1. The molecular weight excluding hydrogens is 502 g/mol. The first-order chi connectivity index (χ1) is 18.8. The first-order valence-corrected chi connectivity index (χ1v) is 12.2. The quantitative estimate of drug-likeness (QED) is 0.385. The van der Waals surface area contributed by atoms with Crippen LogP contribution in [-0.4, -0.2) is 47.8 Å². The second-order valence-electron chi connectivity index (χ2n) is 9.35. The monoisotopic (exact) mass is 526 g/mol. The van der Waals surface area contributed by atoms with Gasteiger partial charge in [-0.2, -0.15) is 5.26 Å². The summed E-state index contributed by atoms with van der Waals surface area (Å²) in [4.78, 5) is 31.6. The number of hydrogen-bond donors (Lipinski definition) is 1. The van der Waals surface area contributed by atoms with E-state index < -0.39 is 42.8 Å². The Labute approximate surface area is 223 Å². The fraction of sp³-hybridized carbons (Fsp3) is 0.200. The van der Waals surface area contributed by atoms with Gasteiger partial charge in [-0.1, -0.05) is 48.5 Å². The zero-order valence-electron chi connectivity index (χ0n) is 21.0. The van der Waals surface area contributed by atoms with Gasteiger partial charge in [0.05, 0.1) is 43.8 Å². The molecule has 0 bridgehead atoms. The lowest BCUT2D eigenvalue weighted by Gasteiger charge is -2.32. The molecule has 1 aliphatic rings. The van der Waals surface area contributed by atoms with Crippen LogP contribution in [0.2, 0.25) is 0 Å². The van der Waals surface area contributed by atoms with Crippen molar-refractivity contribution in [1.29, 1.82) is 5.26 Å². The molecule has 0 spiro atoms. The number of nitriles is 1. The van der Waals surface area contributed by atoms with Crippen LogP contribution in [0.1, 0.15) is 22.3 Å². The third-order valence-electron chi connectivity index (χ3n) is 6.91. The van der Waals surface area contributed by atoms with Crippen molar-refractivity contribution in [3.05, 3.63) is 96.2 Å². The molecule has 2 heterocycles. The topological polar surface area (TPSA) is 95.3 Å². The highest BCUT2D eigenvalue weighted by Gasteiger charge is 2.58. The summed E-state index contributed by atoms with van der Waals surface area (Å²) in [6.07, 6.45) is 0.673. The predicted molar refractivity (Wildman–Crippen MR) is 141 cm³/mol. The minimum Gasteiger partial charge on any atom is -0.497 e. The average Bonchev–Trinajstić information content (AvgIpc) is 3.27. The van der Waals surface area contributed by atoms with E-state index in [1.807, 2.05) is 42.5 Å². The fourth-order valence-electron chi connectivity index (χ4n) is 4.98. The maximum absolute atomic E-state index is 14.5. The van der Waals surface area contributed by atoms with Crippen LogP contribution < -0.4 is 10.1 Å². The Morgan fingerprint density at radius 3 is 2.46 bits per heavy atom. The Bertz CT molecular complexity index is 1590. The van der Waals surface area contributed by atoms with Gasteiger partial charge in [0.15, 0.2) is 5.54 Å². The molecule has 1 saturated heterocycles. The molecule has 1 atom stereocenters. The predicted octanol–water partition coefficient (Wildman–Crippen LogP) is 4.93. The first kappa shape index (κ1) is 25.8. The summed E-state index contributed by atoms with van der Waals surface area (Å²) in [5, 5.41) is 13.1. The van der Waals surface area contributed by atoms with Gasteiger partial charge in [-0.15, -0.1) is 0 Å². The molecule has 39 heavy (non-hydrogen) atoms. The number of aromatic nitrogens is 1. The van der Waals surface area contributed by atoms with E-state index in [0.29, 0.717) is 16.5 Å². The van der Waals surface area contributed by atoms with Crippen LogP contribution in [0, 0.1) is 11.3 Å². The number of carbonyl (C=O) groups is 2. The second kappa shape index (κ2) is 10.1. The summed E-state index contributed by atoms with van der Waals surface area (Å²) in [6, 6.07) is 24.5. The molecule has 7 nitrogen and oxygen atoms in total. The summed E-state index contributed by atoms with van der Waals surface area (Å²) < 4.78 is 34.3. The average molecular weight is 527 g/mol. The Morgan fingerprint density at radius 2 is 1.77 bits per heavy atom. The van der Waals surface area contributed by atoms with Gasteiger partial charge in [-0.05, 0) is 47.0 Å². The van der Waals surface area contributed by atoms with Crippen molar-refractivity contribution in [2.75, 3.05) is 20.2 Å². The van der Waals surface area contributed by atoms with E-state index in [1.165, 1.54) is 12.3 Å². The second-order valence-corrected chi connectivity index (χ2v) is 9.35. The van der Waals surface area contributed by atoms with Crippen molar-refractivity contribution in [3.8, 4) is 22.9 Å². The zero-order chi connectivity index (χ0) is 27.6. The van der Waals surface area contributed by atoms with Gasteiger partial charge in [0.1, 0.15) is 5.75 Å². The van der Waals surface area contributed by atoms with Gasteiger partial charge in [-0.3, -0.25) is 14.6 Å². The molecule has 1 aromatic heterocycles. The van der Waals surface area contributed by atoms with E-state index >= 15 is 0 Å². The number of alkyl halides is 2. The van der Waals surface area contributed by atoms with E-state index in [2.05, 4.69) is 10.3 Å². The highest BCUT2D eigenvalue weighted by Crippen LogP contribution is 2.45. The third-order valence-corrected chi connectivity index (χ3v) is 6.91. The van der Waals surface area contributed by atoms with E-state index in [-0.39, 0.29) is 5.56 Å². The Hall–Kier alpha value is -4.84. The molecule has 0 saturated carbocycles. The molecule has 3 aromatic carbocycles. The number of likely N-dealkylation sites (tertiary alicyclic amines) is 1. The summed E-state index contributed by atoms with van der Waals surface area (Å²) in [6.45, 7) is -1.46. The third kappa shape index (κ3) is 4.89. The van der Waals surface area contributed by atoms with Crippen molar-refractivity contribution >= 4 is 22.7 Å². The standard InChI is InChI=1S/C30H24F2N4O3/c1-39-23-10-7-20(8-11-23)21-9-12-26-25(15-21)24(13-14-34-26)28(38)35-16-27(37)36-19-30(31,32)17-29(36,18-33)22-5-3-2-4-6-22/h2-15H,16-17,19H2,1H3,(H,35,38)/t29-/m0/s1. The number of rotatable bonds is 6. The summed E-state index contributed by atoms with van der Waals surface area (Å²) in [5.41, 5.74) is 1.09. The summed E-state index contributed by atoms with van der Waals surface area (Å²) in [5.74, 6) is -3.86. The molecule has 5 rings (SSSR count). The van der Waals surface area contributed by atoms with Crippen molar-refractivity contribution in [3.63, 3.8) is 0 Å². The Balaban J connectivity index is 1.39. The van der Waals surface area contributed by atoms with E-state index in [4.69, 9.17) is 4.74 Å². The maximum Gasteiger partial charge on any atom is 0.269 e. The van der Waals surface area contributed by atoms with Crippen molar-refractivity contribution < 1.29 is 23.1 Å². The highest BCUT2D eigenvalue weighted by molar-refractivity contribution is 6.07. The minimum atomic E-state index is -3.25. The Morgan fingerprint density at radius 1 is 1.05 bits per heavy atom. The molecular formula is C30H24F2N4O3. The Kier molecular flexibility index (Phi) is 6.71. The van der Waals surface area contributed by atoms with Crippen LogP contribution in [0.15, 0.2) is 85.1 Å². The van der Waals surface area contributed by atoms with Gasteiger partial charge in [-0.25, -0.2) is 8.78 Å². The molecule has 1 aliphatic heterocycles. The van der Waals surface area contributed by atoms with Gasteiger partial charge in [0.25, 0.3) is 11.8 Å². The summed E-state index contributed by atoms with van der Waals surface area (Å²) >= 11 is 0. The fourth-order valence-corrected chi connectivity index (χ4v) is 4.98. The minimum absolute atomic E-state index is 0.282.